The number of aryl methyl sites for hydroxylation is 1. The Morgan fingerprint density at radius 2 is 2.25 bits per heavy atom. The van der Waals surface area contributed by atoms with Gasteiger partial charge in [-0.2, -0.15) is 0 Å². The van der Waals surface area contributed by atoms with E-state index in [0.717, 1.165) is 6.42 Å². The van der Waals surface area contributed by atoms with E-state index in [1.54, 1.807) is 41.7 Å². The zero-order valence-corrected chi connectivity index (χ0v) is 13.4. The normalized spacial score (nSPS) is 17.0. The number of rotatable bonds is 5. The van der Waals surface area contributed by atoms with Gasteiger partial charge < -0.3 is 20.5 Å². The van der Waals surface area contributed by atoms with Crippen LogP contribution in [0.3, 0.4) is 0 Å². The van der Waals surface area contributed by atoms with Crippen LogP contribution in [0.5, 0.6) is 0 Å². The number of nitrogens with zero attached hydrogens (tertiary/aromatic N) is 3. The summed E-state index contributed by atoms with van der Waals surface area (Å²) in [6.07, 6.45) is 6.34. The van der Waals surface area contributed by atoms with Crippen molar-refractivity contribution in [3.05, 3.63) is 48.5 Å². The van der Waals surface area contributed by atoms with Crippen molar-refractivity contribution >= 4 is 17.5 Å². The number of carbonyl (C=O) groups is 2. The molecule has 1 aromatic carbocycles. The van der Waals surface area contributed by atoms with Crippen LogP contribution in [0.1, 0.15) is 23.2 Å². The number of benzene rings is 1. The maximum absolute atomic E-state index is 12.5. The van der Waals surface area contributed by atoms with Gasteiger partial charge in [0.2, 0.25) is 5.91 Å². The van der Waals surface area contributed by atoms with Crippen molar-refractivity contribution in [1.82, 2.24) is 14.5 Å². The zero-order chi connectivity index (χ0) is 16.9. The fourth-order valence-corrected chi connectivity index (χ4v) is 2.76. The highest BCUT2D eigenvalue weighted by Crippen LogP contribution is 2.16. The molecule has 0 bridgehead atoms. The minimum atomic E-state index is -0.100. The second-order valence-corrected chi connectivity index (χ2v) is 5.98. The van der Waals surface area contributed by atoms with E-state index in [0.29, 0.717) is 37.3 Å². The molecule has 7 heteroatoms. The van der Waals surface area contributed by atoms with Gasteiger partial charge in [0.15, 0.2) is 0 Å². The summed E-state index contributed by atoms with van der Waals surface area (Å²) in [4.78, 5) is 30.2. The van der Waals surface area contributed by atoms with Crippen LogP contribution in [0, 0.1) is 0 Å². The quantitative estimate of drug-likeness (QED) is 0.859. The summed E-state index contributed by atoms with van der Waals surface area (Å²) in [6.45, 7) is 1.83. The smallest absolute Gasteiger partial charge is 0.253 e. The topological polar surface area (TPSA) is 93.3 Å². The molecule has 1 aliphatic rings. The van der Waals surface area contributed by atoms with E-state index in [-0.39, 0.29) is 17.9 Å². The van der Waals surface area contributed by atoms with Crippen LogP contribution in [0.15, 0.2) is 43.0 Å². The van der Waals surface area contributed by atoms with E-state index >= 15 is 0 Å². The third kappa shape index (κ3) is 3.99. The molecule has 1 aromatic heterocycles. The Kier molecular flexibility index (Phi) is 4.90. The number of nitrogens with one attached hydrogen (secondary N) is 1. The maximum atomic E-state index is 12.5. The number of nitrogens with two attached hydrogens (primary N) is 1. The largest absolute Gasteiger partial charge is 0.337 e. The third-order valence-corrected chi connectivity index (χ3v) is 4.06. The van der Waals surface area contributed by atoms with Crippen molar-refractivity contribution in [1.29, 1.82) is 0 Å². The predicted octanol–water partition coefficient (Wildman–Crippen LogP) is 1.09. The van der Waals surface area contributed by atoms with Gasteiger partial charge in [-0.25, -0.2) is 4.98 Å². The molecule has 1 atom stereocenters. The number of amides is 2. The second-order valence-electron chi connectivity index (χ2n) is 5.98. The average molecular weight is 327 g/mol. The van der Waals surface area contributed by atoms with Crippen LogP contribution in [0.25, 0.3) is 0 Å². The minimum absolute atomic E-state index is 0.0440. The number of imidazole rings is 1. The highest BCUT2D eigenvalue weighted by molar-refractivity contribution is 5.97. The highest BCUT2D eigenvalue weighted by Gasteiger charge is 2.24. The lowest BCUT2D eigenvalue weighted by molar-refractivity contribution is -0.116. The molecule has 24 heavy (non-hydrogen) atoms. The van der Waals surface area contributed by atoms with Crippen LogP contribution in [-0.4, -0.2) is 45.4 Å². The number of hydrogen-bond acceptors (Lipinski definition) is 4. The molecule has 3 N–H and O–H groups in total. The Labute approximate surface area is 140 Å². The Morgan fingerprint density at radius 3 is 2.96 bits per heavy atom. The first-order valence-electron chi connectivity index (χ1n) is 8.02. The molecule has 7 nitrogen and oxygen atoms in total. The summed E-state index contributed by atoms with van der Waals surface area (Å²) in [5.41, 5.74) is 7.04. The maximum Gasteiger partial charge on any atom is 0.253 e. The van der Waals surface area contributed by atoms with E-state index < -0.39 is 0 Å². The van der Waals surface area contributed by atoms with Gasteiger partial charge in [0.25, 0.3) is 5.91 Å². The summed E-state index contributed by atoms with van der Waals surface area (Å²) in [6, 6.07) is 7.07. The number of carbonyl (C=O) groups excluding carboxylic acids is 2. The number of aromatic nitrogens is 2. The van der Waals surface area contributed by atoms with Crippen molar-refractivity contribution in [2.45, 2.75) is 25.4 Å². The van der Waals surface area contributed by atoms with Gasteiger partial charge in [-0.3, -0.25) is 9.59 Å². The van der Waals surface area contributed by atoms with Gasteiger partial charge >= 0.3 is 0 Å². The van der Waals surface area contributed by atoms with Gasteiger partial charge in [-0.15, -0.1) is 0 Å². The molecule has 1 saturated heterocycles. The Morgan fingerprint density at radius 1 is 1.38 bits per heavy atom. The van der Waals surface area contributed by atoms with Crippen molar-refractivity contribution in [3.63, 3.8) is 0 Å². The van der Waals surface area contributed by atoms with Gasteiger partial charge in [0.05, 0.1) is 6.33 Å². The van der Waals surface area contributed by atoms with E-state index in [1.165, 1.54) is 0 Å². The summed E-state index contributed by atoms with van der Waals surface area (Å²) in [5, 5.41) is 2.83. The van der Waals surface area contributed by atoms with Crippen molar-refractivity contribution in [2.75, 3.05) is 18.4 Å². The Balaban J connectivity index is 1.58. The molecule has 2 aromatic rings. The molecule has 1 aliphatic heterocycles. The lowest BCUT2D eigenvalue weighted by atomic mass is 10.1. The average Bonchev–Trinajstić information content (AvgIpc) is 3.24. The van der Waals surface area contributed by atoms with Crippen molar-refractivity contribution in [3.8, 4) is 0 Å². The van der Waals surface area contributed by atoms with Gasteiger partial charge in [-0.1, -0.05) is 6.07 Å². The van der Waals surface area contributed by atoms with Gasteiger partial charge in [0, 0.05) is 55.7 Å². The van der Waals surface area contributed by atoms with Crippen LogP contribution in [0.2, 0.25) is 0 Å². The monoisotopic (exact) mass is 327 g/mol. The lowest BCUT2D eigenvalue weighted by Gasteiger charge is -2.16. The molecule has 0 spiro atoms. The van der Waals surface area contributed by atoms with E-state index in [1.807, 2.05) is 10.8 Å². The van der Waals surface area contributed by atoms with E-state index in [2.05, 4.69) is 10.3 Å². The second kappa shape index (κ2) is 7.27. The molecule has 0 aliphatic carbocycles. The van der Waals surface area contributed by atoms with Crippen LogP contribution in [-0.2, 0) is 11.3 Å². The van der Waals surface area contributed by atoms with Crippen LogP contribution < -0.4 is 11.1 Å². The summed E-state index contributed by atoms with van der Waals surface area (Å²) in [7, 11) is 0. The third-order valence-electron chi connectivity index (χ3n) is 4.06. The molecule has 3 rings (SSSR count). The molecular formula is C17H21N5O2. The fourth-order valence-electron chi connectivity index (χ4n) is 2.76. The van der Waals surface area contributed by atoms with Gasteiger partial charge in [-0.05, 0) is 24.6 Å². The van der Waals surface area contributed by atoms with Crippen molar-refractivity contribution in [2.24, 2.45) is 5.73 Å². The first-order chi connectivity index (χ1) is 11.6. The van der Waals surface area contributed by atoms with Crippen LogP contribution in [0.4, 0.5) is 5.69 Å². The number of anilines is 1. The zero-order valence-electron chi connectivity index (χ0n) is 13.4. The standard InChI is InChI=1S/C17H21N5O2/c18-14-4-8-22(11-14)17(24)13-2-1-3-15(10-13)20-16(23)5-7-21-9-6-19-12-21/h1-3,6,9-10,12,14H,4-5,7-8,11,18H2,(H,20,23)/t14-/m1/s1. The lowest BCUT2D eigenvalue weighted by Crippen LogP contribution is -2.31. The molecule has 2 heterocycles. The van der Waals surface area contributed by atoms with Gasteiger partial charge in [0.1, 0.15) is 0 Å². The molecule has 0 unspecified atom stereocenters. The summed E-state index contributed by atoms with van der Waals surface area (Å²) >= 11 is 0. The van der Waals surface area contributed by atoms with Crippen molar-refractivity contribution < 1.29 is 9.59 Å². The summed E-state index contributed by atoms with van der Waals surface area (Å²) < 4.78 is 1.84. The molecule has 0 saturated carbocycles. The summed E-state index contributed by atoms with van der Waals surface area (Å²) in [5.74, 6) is -0.144. The predicted molar refractivity (Wildman–Crippen MR) is 90.4 cm³/mol. The van der Waals surface area contributed by atoms with E-state index in [4.69, 9.17) is 5.73 Å². The highest BCUT2D eigenvalue weighted by atomic mass is 16.2. The van der Waals surface area contributed by atoms with E-state index in [9.17, 15) is 9.59 Å². The molecule has 0 radical (unpaired) electrons. The SMILES string of the molecule is N[C@@H]1CCN(C(=O)c2cccc(NC(=O)CCn3ccnc3)c2)C1. The molecule has 1 fully saturated rings. The Hall–Kier alpha value is -2.67. The fraction of sp³-hybridized carbons (Fsp3) is 0.353. The van der Waals surface area contributed by atoms with Crippen LogP contribution >= 0.6 is 0 Å². The first kappa shape index (κ1) is 16.2. The molecular weight excluding hydrogens is 306 g/mol. The number of likely N-dealkylation sites (tertiary alicyclic amines) is 1. The first-order valence-corrected chi connectivity index (χ1v) is 8.02. The molecule has 2 amide bonds. The number of hydrogen-bond donors (Lipinski definition) is 2. The minimum Gasteiger partial charge on any atom is -0.337 e. The Bertz CT molecular complexity index is 714. The molecule has 126 valence electrons.